The smallest absolute Gasteiger partial charge is 0.282 e. The standard InChI is InChI=1S/C25H14Cl2N2O3S/c26-15-6-8-16(9-7-15)29-24(23-22(27)17-3-1-2-4-21(17)33-23)28-18(25(29)30)11-14-5-10-19-20(12-14)32-13-31-19/h1-12H,13H2/b18-11+. The summed E-state index contributed by atoms with van der Waals surface area (Å²) in [5.74, 6) is 1.55. The van der Waals surface area contributed by atoms with Crippen molar-refractivity contribution in [3.63, 3.8) is 0 Å². The third-order valence-corrected chi connectivity index (χ3v) is 7.31. The van der Waals surface area contributed by atoms with E-state index in [0.717, 1.165) is 20.5 Å². The second kappa shape index (κ2) is 7.92. The Morgan fingerprint density at radius 2 is 1.76 bits per heavy atom. The van der Waals surface area contributed by atoms with Crippen molar-refractivity contribution < 1.29 is 14.3 Å². The van der Waals surface area contributed by atoms with Crippen LogP contribution in [0.3, 0.4) is 0 Å². The van der Waals surface area contributed by atoms with Crippen LogP contribution in [0.5, 0.6) is 11.5 Å². The third-order valence-electron chi connectivity index (χ3n) is 5.38. The van der Waals surface area contributed by atoms with Gasteiger partial charge in [-0.3, -0.25) is 9.69 Å². The second-order valence-electron chi connectivity index (χ2n) is 7.44. The maximum atomic E-state index is 13.6. The third kappa shape index (κ3) is 3.47. The number of fused-ring (bicyclic) bond motifs is 2. The van der Waals surface area contributed by atoms with Crippen molar-refractivity contribution in [3.05, 3.63) is 92.9 Å². The summed E-state index contributed by atoms with van der Waals surface area (Å²) in [5, 5.41) is 2.09. The van der Waals surface area contributed by atoms with Crippen LogP contribution in [0, 0.1) is 0 Å². The predicted molar refractivity (Wildman–Crippen MR) is 133 cm³/mol. The van der Waals surface area contributed by atoms with Crippen molar-refractivity contribution in [1.29, 1.82) is 0 Å². The van der Waals surface area contributed by atoms with Gasteiger partial charge in [0, 0.05) is 15.1 Å². The highest BCUT2D eigenvalue weighted by Gasteiger charge is 2.35. The number of benzene rings is 3. The number of hydrogen-bond acceptors (Lipinski definition) is 5. The average Bonchev–Trinajstić information content (AvgIpc) is 3.51. The number of carbonyl (C=O) groups is 1. The number of amides is 1. The molecule has 33 heavy (non-hydrogen) atoms. The van der Waals surface area contributed by atoms with Crippen molar-refractivity contribution in [1.82, 2.24) is 0 Å². The molecule has 0 atom stereocenters. The second-order valence-corrected chi connectivity index (χ2v) is 9.30. The minimum atomic E-state index is -0.251. The van der Waals surface area contributed by atoms with Gasteiger partial charge in [0.05, 0.1) is 15.6 Å². The van der Waals surface area contributed by atoms with Gasteiger partial charge in [-0.2, -0.15) is 0 Å². The van der Waals surface area contributed by atoms with Crippen molar-refractivity contribution in [2.24, 2.45) is 4.99 Å². The van der Waals surface area contributed by atoms with E-state index >= 15 is 0 Å². The van der Waals surface area contributed by atoms with Crippen molar-refractivity contribution in [3.8, 4) is 11.5 Å². The molecule has 3 aromatic carbocycles. The van der Waals surface area contributed by atoms with Crippen molar-refractivity contribution in [2.45, 2.75) is 0 Å². The average molecular weight is 493 g/mol. The number of carbonyl (C=O) groups excluding carboxylic acids is 1. The van der Waals surface area contributed by atoms with E-state index in [2.05, 4.69) is 0 Å². The van der Waals surface area contributed by atoms with E-state index in [9.17, 15) is 4.79 Å². The Hall–Kier alpha value is -3.32. The van der Waals surface area contributed by atoms with Gasteiger partial charge in [-0.05, 0) is 54.1 Å². The highest BCUT2D eigenvalue weighted by Crippen LogP contribution is 2.40. The molecular weight excluding hydrogens is 479 g/mol. The summed E-state index contributed by atoms with van der Waals surface area (Å²) in [6, 6.07) is 20.4. The minimum absolute atomic E-state index is 0.186. The van der Waals surface area contributed by atoms with Crippen LogP contribution >= 0.6 is 34.5 Å². The van der Waals surface area contributed by atoms with Crippen LogP contribution in [0.15, 0.2) is 77.4 Å². The van der Waals surface area contributed by atoms with E-state index in [-0.39, 0.29) is 12.7 Å². The molecular formula is C25H14Cl2N2O3S. The van der Waals surface area contributed by atoms with Crippen LogP contribution in [0.4, 0.5) is 5.69 Å². The van der Waals surface area contributed by atoms with Gasteiger partial charge in [0.2, 0.25) is 6.79 Å². The zero-order valence-electron chi connectivity index (χ0n) is 16.9. The Morgan fingerprint density at radius 3 is 2.58 bits per heavy atom. The number of halogens is 2. The Labute approximate surface area is 203 Å². The summed E-state index contributed by atoms with van der Waals surface area (Å²) >= 11 is 14.3. The molecule has 0 saturated heterocycles. The van der Waals surface area contributed by atoms with Gasteiger partial charge in [0.25, 0.3) is 5.91 Å². The van der Waals surface area contributed by atoms with Gasteiger partial charge >= 0.3 is 0 Å². The first-order valence-electron chi connectivity index (χ1n) is 10.1. The molecule has 2 aliphatic rings. The SMILES string of the molecule is O=C1/C(=C\c2ccc3c(c2)OCO3)N=C(c2sc3ccccc3c2Cl)N1c1ccc(Cl)cc1. The summed E-state index contributed by atoms with van der Waals surface area (Å²) in [6.45, 7) is 0.186. The predicted octanol–water partition coefficient (Wildman–Crippen LogP) is 6.77. The molecule has 0 saturated carbocycles. The van der Waals surface area contributed by atoms with Crippen LogP contribution in [-0.4, -0.2) is 18.5 Å². The lowest BCUT2D eigenvalue weighted by atomic mass is 10.1. The molecule has 0 spiro atoms. The fourth-order valence-corrected chi connectivity index (χ4v) is 5.44. The van der Waals surface area contributed by atoms with Crippen molar-refractivity contribution >= 4 is 68.1 Å². The lowest BCUT2D eigenvalue weighted by molar-refractivity contribution is -0.113. The van der Waals surface area contributed by atoms with E-state index in [4.69, 9.17) is 37.7 Å². The van der Waals surface area contributed by atoms with Crippen LogP contribution in [0.25, 0.3) is 16.2 Å². The molecule has 0 N–H and O–H groups in total. The van der Waals surface area contributed by atoms with Gasteiger partial charge in [0.1, 0.15) is 5.70 Å². The molecule has 3 heterocycles. The fraction of sp³-hybridized carbons (Fsp3) is 0.0400. The molecule has 0 radical (unpaired) electrons. The fourth-order valence-electron chi connectivity index (χ4n) is 3.82. The van der Waals surface area contributed by atoms with Crippen molar-refractivity contribution in [2.75, 3.05) is 11.7 Å². The molecule has 4 aromatic rings. The highest BCUT2D eigenvalue weighted by atomic mass is 35.5. The molecule has 0 bridgehead atoms. The Morgan fingerprint density at radius 1 is 0.970 bits per heavy atom. The summed E-state index contributed by atoms with van der Waals surface area (Å²) in [7, 11) is 0. The number of aliphatic imine (C=N–C) groups is 1. The first-order chi connectivity index (χ1) is 16.1. The first-order valence-corrected chi connectivity index (χ1v) is 11.6. The van der Waals surface area contributed by atoms with Gasteiger partial charge in [-0.15, -0.1) is 11.3 Å². The topological polar surface area (TPSA) is 51.1 Å². The largest absolute Gasteiger partial charge is 0.454 e. The number of hydrogen-bond donors (Lipinski definition) is 0. The molecule has 6 rings (SSSR count). The zero-order chi connectivity index (χ0) is 22.5. The number of anilines is 1. The van der Waals surface area contributed by atoms with E-state index in [0.29, 0.717) is 38.8 Å². The molecule has 1 amide bonds. The number of thiophene rings is 1. The molecule has 5 nitrogen and oxygen atoms in total. The molecule has 2 aliphatic heterocycles. The maximum Gasteiger partial charge on any atom is 0.282 e. The lowest BCUT2D eigenvalue weighted by Crippen LogP contribution is -2.32. The molecule has 8 heteroatoms. The normalized spacial score (nSPS) is 16.2. The highest BCUT2D eigenvalue weighted by molar-refractivity contribution is 7.21. The van der Waals surface area contributed by atoms with Crippen LogP contribution in [0.2, 0.25) is 10.0 Å². The van der Waals surface area contributed by atoms with Gasteiger partial charge in [0.15, 0.2) is 17.3 Å². The molecule has 0 fully saturated rings. The lowest BCUT2D eigenvalue weighted by Gasteiger charge is -2.18. The van der Waals surface area contributed by atoms with E-state index < -0.39 is 0 Å². The molecule has 162 valence electrons. The molecule has 1 aromatic heterocycles. The zero-order valence-corrected chi connectivity index (χ0v) is 19.2. The number of amidine groups is 1. The summed E-state index contributed by atoms with van der Waals surface area (Å²) in [6.07, 6.45) is 1.74. The monoisotopic (exact) mass is 492 g/mol. The van der Waals surface area contributed by atoms with E-state index in [1.807, 2.05) is 42.5 Å². The van der Waals surface area contributed by atoms with Crippen LogP contribution in [-0.2, 0) is 4.79 Å². The maximum absolute atomic E-state index is 13.6. The van der Waals surface area contributed by atoms with Crippen LogP contribution in [0.1, 0.15) is 10.4 Å². The van der Waals surface area contributed by atoms with E-state index in [1.54, 1.807) is 35.2 Å². The van der Waals surface area contributed by atoms with Gasteiger partial charge in [-0.25, -0.2) is 4.99 Å². The number of rotatable bonds is 3. The van der Waals surface area contributed by atoms with Crippen LogP contribution < -0.4 is 14.4 Å². The number of ether oxygens (including phenoxy) is 2. The van der Waals surface area contributed by atoms with Gasteiger partial charge < -0.3 is 9.47 Å². The summed E-state index contributed by atoms with van der Waals surface area (Å²) < 4.78 is 11.9. The first kappa shape index (κ1) is 20.3. The molecule has 0 unspecified atom stereocenters. The number of nitrogens with zero attached hydrogens (tertiary/aromatic N) is 2. The Bertz CT molecular complexity index is 1490. The quantitative estimate of drug-likeness (QED) is 0.296. The van der Waals surface area contributed by atoms with Gasteiger partial charge in [-0.1, -0.05) is 47.5 Å². The molecule has 0 aliphatic carbocycles. The summed E-state index contributed by atoms with van der Waals surface area (Å²) in [5.41, 5.74) is 1.74. The Balaban J connectivity index is 1.50. The Kier molecular flexibility index (Phi) is 4.87. The van der Waals surface area contributed by atoms with E-state index in [1.165, 1.54) is 11.3 Å². The minimum Gasteiger partial charge on any atom is -0.454 e. The summed E-state index contributed by atoms with van der Waals surface area (Å²) in [4.78, 5) is 20.6.